The van der Waals surface area contributed by atoms with Gasteiger partial charge >= 0.3 is 6.36 Å². The van der Waals surface area contributed by atoms with Crippen molar-refractivity contribution in [3.63, 3.8) is 0 Å². The van der Waals surface area contributed by atoms with Gasteiger partial charge in [-0.3, -0.25) is 14.6 Å². The van der Waals surface area contributed by atoms with E-state index in [9.17, 15) is 27.2 Å². The molecule has 1 aliphatic heterocycles. The lowest BCUT2D eigenvalue weighted by Crippen LogP contribution is -2.50. The quantitative estimate of drug-likeness (QED) is 0.549. The van der Waals surface area contributed by atoms with Gasteiger partial charge in [-0.2, -0.15) is 0 Å². The van der Waals surface area contributed by atoms with Gasteiger partial charge in [-0.15, -0.1) is 13.2 Å². The van der Waals surface area contributed by atoms with Crippen LogP contribution in [0.5, 0.6) is 11.5 Å². The normalized spacial score (nSPS) is 17.6. The molecule has 1 amide bonds. The second-order valence-corrected chi connectivity index (χ2v) is 7.53. The van der Waals surface area contributed by atoms with Gasteiger partial charge in [0.1, 0.15) is 17.0 Å². The number of nitrogens with one attached hydrogen (secondary N) is 2. The number of halogens is 5. The highest BCUT2D eigenvalue weighted by molar-refractivity contribution is 6.30. The van der Waals surface area contributed by atoms with Crippen molar-refractivity contribution in [3.05, 3.63) is 86.8 Å². The number of hydrogen-bond acceptors (Lipinski definition) is 5. The number of hydrogen-bond donors (Lipinski definition) is 2. The lowest BCUT2D eigenvalue weighted by molar-refractivity contribution is -0.275. The Hall–Kier alpha value is -3.60. The number of benzene rings is 1. The molecule has 0 saturated heterocycles. The van der Waals surface area contributed by atoms with Crippen LogP contribution in [0.25, 0.3) is 0 Å². The van der Waals surface area contributed by atoms with Crippen molar-refractivity contribution in [3.8, 4) is 11.5 Å². The van der Waals surface area contributed by atoms with Crippen LogP contribution in [-0.4, -0.2) is 28.8 Å². The maximum Gasteiger partial charge on any atom is 0.573 e. The maximum absolute atomic E-state index is 14.6. The van der Waals surface area contributed by atoms with Gasteiger partial charge in [0.2, 0.25) is 5.56 Å². The molecule has 12 heteroatoms. The molecular weight excluding hydrogens is 470 g/mol. The fourth-order valence-electron chi connectivity index (χ4n) is 3.55. The fourth-order valence-corrected chi connectivity index (χ4v) is 3.70. The molecule has 0 unspecified atom stereocenters. The molecule has 7 nitrogen and oxygen atoms in total. The number of fused-ring (bicyclic) bond motifs is 1. The molecule has 0 spiro atoms. The van der Waals surface area contributed by atoms with Crippen molar-refractivity contribution in [2.45, 2.75) is 18.3 Å². The molecule has 0 fully saturated rings. The Morgan fingerprint density at radius 2 is 2.03 bits per heavy atom. The Labute approximate surface area is 188 Å². The van der Waals surface area contributed by atoms with Crippen molar-refractivity contribution < 1.29 is 31.8 Å². The zero-order chi connectivity index (χ0) is 23.8. The minimum absolute atomic E-state index is 0.0589. The number of H-pyrrole nitrogens is 1. The minimum Gasteiger partial charge on any atom is -0.491 e. The molecule has 0 radical (unpaired) electrons. The smallest absolute Gasteiger partial charge is 0.491 e. The van der Waals surface area contributed by atoms with Crippen LogP contribution in [-0.2, 0) is 5.54 Å². The average Bonchev–Trinajstić information content (AvgIpc) is 2.74. The Kier molecular flexibility index (Phi) is 5.75. The monoisotopic (exact) mass is 483 g/mol. The van der Waals surface area contributed by atoms with E-state index in [4.69, 9.17) is 16.3 Å². The van der Waals surface area contributed by atoms with Crippen molar-refractivity contribution >= 4 is 17.5 Å². The van der Waals surface area contributed by atoms with Crippen LogP contribution < -0.4 is 20.3 Å². The Balaban J connectivity index is 1.83. The zero-order valence-electron chi connectivity index (χ0n) is 16.5. The third-order valence-corrected chi connectivity index (χ3v) is 5.19. The second-order valence-electron chi connectivity index (χ2n) is 7.09. The van der Waals surface area contributed by atoms with E-state index in [0.717, 1.165) is 18.2 Å². The predicted octanol–water partition coefficient (Wildman–Crippen LogP) is 3.92. The summed E-state index contributed by atoms with van der Waals surface area (Å²) in [6, 6.07) is 6.75. The molecule has 0 aliphatic carbocycles. The van der Waals surface area contributed by atoms with Gasteiger partial charge in [-0.25, -0.2) is 4.39 Å². The summed E-state index contributed by atoms with van der Waals surface area (Å²) in [6.45, 7) is 0.0589. The molecule has 0 saturated carbocycles. The summed E-state index contributed by atoms with van der Waals surface area (Å²) in [5.74, 6) is -2.74. The third kappa shape index (κ3) is 4.63. The standard InChI is InChI=1S/C21H14ClF4N3O4/c22-13-8-16-18(28-10-13)20(5-6-32-16,29-19(31)11-1-4-17(30)27-9-11)12-2-3-15(14(23)7-12)33-21(24,25)26/h1-4,7-10H,5-6H2,(H,27,30)(H,29,31)/t20-/m0/s1. The number of ether oxygens (including phenoxy) is 2. The van der Waals surface area contributed by atoms with E-state index < -0.39 is 34.9 Å². The molecule has 1 aliphatic rings. The minimum atomic E-state index is -5.08. The summed E-state index contributed by atoms with van der Waals surface area (Å²) < 4.78 is 61.6. The van der Waals surface area contributed by atoms with Crippen LogP contribution in [0.2, 0.25) is 5.02 Å². The van der Waals surface area contributed by atoms with Crippen LogP contribution in [0.3, 0.4) is 0 Å². The van der Waals surface area contributed by atoms with Gasteiger partial charge in [-0.05, 0) is 23.8 Å². The topological polar surface area (TPSA) is 93.3 Å². The lowest BCUT2D eigenvalue weighted by Gasteiger charge is -2.39. The van der Waals surface area contributed by atoms with E-state index in [1.165, 1.54) is 30.6 Å². The van der Waals surface area contributed by atoms with Crippen LogP contribution in [0.15, 0.2) is 53.6 Å². The summed E-state index contributed by atoms with van der Waals surface area (Å²) in [5, 5.41) is 3.03. The maximum atomic E-state index is 14.6. The van der Waals surface area contributed by atoms with Crippen molar-refractivity contribution in [2.75, 3.05) is 6.61 Å². The summed E-state index contributed by atoms with van der Waals surface area (Å²) in [4.78, 5) is 31.0. The van der Waals surface area contributed by atoms with Gasteiger partial charge in [0.25, 0.3) is 5.91 Å². The Morgan fingerprint density at radius 3 is 2.70 bits per heavy atom. The summed E-state index contributed by atoms with van der Waals surface area (Å²) in [6.07, 6.45) is -2.51. The van der Waals surface area contributed by atoms with E-state index >= 15 is 0 Å². The molecule has 4 rings (SSSR count). The molecule has 3 aromatic rings. The SMILES string of the molecule is O=C(N[C@]1(c2ccc(OC(F)(F)F)c(F)c2)CCOc2cc(Cl)cnc21)c1ccc(=O)[nH]c1. The number of aromatic amines is 1. The molecule has 1 atom stereocenters. The predicted molar refractivity (Wildman–Crippen MR) is 108 cm³/mol. The second kappa shape index (κ2) is 8.39. The van der Waals surface area contributed by atoms with Gasteiger partial charge < -0.3 is 19.8 Å². The molecule has 2 N–H and O–H groups in total. The van der Waals surface area contributed by atoms with E-state index in [-0.39, 0.29) is 40.6 Å². The van der Waals surface area contributed by atoms with Crippen LogP contribution in [0, 0.1) is 5.82 Å². The molecule has 33 heavy (non-hydrogen) atoms. The average molecular weight is 484 g/mol. The van der Waals surface area contributed by atoms with Crippen LogP contribution >= 0.6 is 11.6 Å². The first-order valence-corrected chi connectivity index (χ1v) is 9.81. The zero-order valence-corrected chi connectivity index (χ0v) is 17.3. The number of nitrogens with zero attached hydrogens (tertiary/aromatic N) is 1. The number of alkyl halides is 3. The van der Waals surface area contributed by atoms with E-state index in [1.54, 1.807) is 0 Å². The van der Waals surface area contributed by atoms with Gasteiger partial charge in [0, 0.05) is 30.9 Å². The fraction of sp³-hybridized carbons (Fsp3) is 0.190. The Bertz CT molecular complexity index is 1260. The molecule has 1 aromatic carbocycles. The van der Waals surface area contributed by atoms with Crippen molar-refractivity contribution in [1.82, 2.24) is 15.3 Å². The summed E-state index contributed by atoms with van der Waals surface area (Å²) in [7, 11) is 0. The highest BCUT2D eigenvalue weighted by Gasteiger charge is 2.43. The van der Waals surface area contributed by atoms with Crippen LogP contribution in [0.4, 0.5) is 17.6 Å². The largest absolute Gasteiger partial charge is 0.573 e. The number of rotatable bonds is 4. The number of carbonyl (C=O) groups is 1. The summed E-state index contributed by atoms with van der Waals surface area (Å²) >= 11 is 5.99. The van der Waals surface area contributed by atoms with E-state index in [1.807, 2.05) is 0 Å². The van der Waals surface area contributed by atoms with E-state index in [0.29, 0.717) is 0 Å². The van der Waals surface area contributed by atoms with E-state index in [2.05, 4.69) is 20.0 Å². The third-order valence-electron chi connectivity index (χ3n) is 4.98. The first-order chi connectivity index (χ1) is 15.6. The molecule has 0 bridgehead atoms. The lowest BCUT2D eigenvalue weighted by atomic mass is 9.81. The molecule has 2 aromatic heterocycles. The van der Waals surface area contributed by atoms with Crippen molar-refractivity contribution in [1.29, 1.82) is 0 Å². The number of aromatic nitrogens is 2. The Morgan fingerprint density at radius 1 is 1.24 bits per heavy atom. The van der Waals surface area contributed by atoms with Gasteiger partial charge in [-0.1, -0.05) is 17.7 Å². The highest BCUT2D eigenvalue weighted by atomic mass is 35.5. The first kappa shape index (κ1) is 22.6. The number of pyridine rings is 2. The number of amides is 1. The molecule has 172 valence electrons. The van der Waals surface area contributed by atoms with Gasteiger partial charge in [0.15, 0.2) is 11.6 Å². The summed E-state index contributed by atoms with van der Waals surface area (Å²) in [5.41, 5.74) is -1.53. The van der Waals surface area contributed by atoms with Gasteiger partial charge in [0.05, 0.1) is 17.2 Å². The first-order valence-electron chi connectivity index (χ1n) is 9.43. The molecule has 3 heterocycles. The van der Waals surface area contributed by atoms with Crippen molar-refractivity contribution in [2.24, 2.45) is 0 Å². The van der Waals surface area contributed by atoms with Crippen LogP contribution in [0.1, 0.15) is 28.0 Å². The number of carbonyl (C=O) groups excluding carboxylic acids is 1. The highest BCUT2D eigenvalue weighted by Crippen LogP contribution is 2.42. The molecular formula is C21H14ClF4N3O4.